The fraction of sp³-hybridized carbons (Fsp3) is 0.304. The van der Waals surface area contributed by atoms with E-state index in [1.807, 2.05) is 6.07 Å². The van der Waals surface area contributed by atoms with E-state index in [0.29, 0.717) is 36.2 Å². The Kier molecular flexibility index (Phi) is 4.27. The van der Waals surface area contributed by atoms with Gasteiger partial charge in [0.1, 0.15) is 17.5 Å². The highest BCUT2D eigenvalue weighted by Gasteiger charge is 2.55. The lowest BCUT2D eigenvalue weighted by atomic mass is 10.1. The first-order valence-corrected chi connectivity index (χ1v) is 10.3. The maximum Gasteiger partial charge on any atom is 0.231 e. The lowest BCUT2D eigenvalue weighted by Crippen LogP contribution is -2.27. The SMILES string of the molecule is Fc1ccc(F)c(-c2ccc(N[C@H]3[C@@H]4CN(Cc5ccc6c(c5)OCO6)C[C@@H]43)nn2)c1. The molecule has 0 unspecified atom stereocenters. The molecule has 8 heteroatoms. The number of hydrogen-bond donors (Lipinski definition) is 1. The van der Waals surface area contributed by atoms with Crippen LogP contribution in [0, 0.1) is 23.5 Å². The average molecular weight is 422 g/mol. The molecule has 2 aromatic carbocycles. The van der Waals surface area contributed by atoms with E-state index in [1.165, 1.54) is 5.56 Å². The standard InChI is InChI=1S/C23H20F2N4O2/c24-14-2-3-18(25)15(8-14)19-4-6-22(28-27-19)26-23-16-10-29(11-17(16)23)9-13-1-5-20-21(7-13)31-12-30-20/h1-8,16-17,23H,9-12H2,(H,26,28)/t16-,17+,23+. The molecule has 3 aromatic rings. The molecule has 0 bridgehead atoms. The Balaban J connectivity index is 1.05. The van der Waals surface area contributed by atoms with Gasteiger partial charge in [-0.15, -0.1) is 10.2 Å². The molecule has 6 nitrogen and oxygen atoms in total. The lowest BCUT2D eigenvalue weighted by molar-refractivity contribution is 0.174. The molecule has 3 atom stereocenters. The van der Waals surface area contributed by atoms with E-state index >= 15 is 0 Å². The van der Waals surface area contributed by atoms with Crippen LogP contribution in [0.4, 0.5) is 14.6 Å². The molecule has 158 valence electrons. The van der Waals surface area contributed by atoms with Crippen LogP contribution in [0.3, 0.4) is 0 Å². The molecule has 0 spiro atoms. The summed E-state index contributed by atoms with van der Waals surface area (Å²) >= 11 is 0. The smallest absolute Gasteiger partial charge is 0.231 e. The summed E-state index contributed by atoms with van der Waals surface area (Å²) in [5, 5.41) is 11.7. The largest absolute Gasteiger partial charge is 0.454 e. The minimum atomic E-state index is -0.518. The minimum absolute atomic E-state index is 0.113. The van der Waals surface area contributed by atoms with Crippen molar-refractivity contribution in [2.45, 2.75) is 12.6 Å². The zero-order chi connectivity index (χ0) is 20.9. The highest BCUT2D eigenvalue weighted by molar-refractivity contribution is 5.60. The van der Waals surface area contributed by atoms with Gasteiger partial charge in [0.25, 0.3) is 0 Å². The van der Waals surface area contributed by atoms with Crippen molar-refractivity contribution in [3.8, 4) is 22.8 Å². The molecule has 31 heavy (non-hydrogen) atoms. The first-order chi connectivity index (χ1) is 15.1. The molecule has 1 N–H and O–H groups in total. The van der Waals surface area contributed by atoms with Gasteiger partial charge in [-0.25, -0.2) is 8.78 Å². The van der Waals surface area contributed by atoms with Gasteiger partial charge >= 0.3 is 0 Å². The van der Waals surface area contributed by atoms with Crippen molar-refractivity contribution in [3.63, 3.8) is 0 Å². The molecule has 1 saturated carbocycles. The van der Waals surface area contributed by atoms with Crippen LogP contribution in [0.2, 0.25) is 0 Å². The van der Waals surface area contributed by atoms with Crippen LogP contribution in [0.5, 0.6) is 11.5 Å². The van der Waals surface area contributed by atoms with Crippen molar-refractivity contribution in [1.82, 2.24) is 15.1 Å². The van der Waals surface area contributed by atoms with Crippen molar-refractivity contribution in [2.24, 2.45) is 11.8 Å². The Morgan fingerprint density at radius 3 is 2.58 bits per heavy atom. The second-order valence-electron chi connectivity index (χ2n) is 8.31. The van der Waals surface area contributed by atoms with E-state index in [-0.39, 0.29) is 5.56 Å². The molecule has 6 rings (SSSR count). The number of rotatable bonds is 5. The molecule has 0 amide bonds. The average Bonchev–Trinajstić information content (AvgIpc) is 3.14. The number of nitrogens with zero attached hydrogens (tertiary/aromatic N) is 3. The topological polar surface area (TPSA) is 59.5 Å². The van der Waals surface area contributed by atoms with Gasteiger partial charge in [-0.1, -0.05) is 6.07 Å². The van der Waals surface area contributed by atoms with E-state index in [2.05, 4.69) is 32.5 Å². The van der Waals surface area contributed by atoms with Gasteiger partial charge in [0, 0.05) is 31.2 Å². The highest BCUT2D eigenvalue weighted by Crippen LogP contribution is 2.47. The molecule has 3 aliphatic rings. The molecule has 1 aromatic heterocycles. The van der Waals surface area contributed by atoms with Crippen LogP contribution in [0.1, 0.15) is 5.56 Å². The number of likely N-dealkylation sites (tertiary alicyclic amines) is 1. The van der Waals surface area contributed by atoms with Crippen LogP contribution in [-0.4, -0.2) is 41.0 Å². The third kappa shape index (κ3) is 3.46. The van der Waals surface area contributed by atoms with E-state index < -0.39 is 11.6 Å². The molecular formula is C23H20F2N4O2. The Hall–Kier alpha value is -3.26. The highest BCUT2D eigenvalue weighted by atomic mass is 19.1. The number of piperidine rings is 1. The van der Waals surface area contributed by atoms with Gasteiger partial charge in [0.15, 0.2) is 11.5 Å². The lowest BCUT2D eigenvalue weighted by Gasteiger charge is -2.20. The van der Waals surface area contributed by atoms with Crippen LogP contribution < -0.4 is 14.8 Å². The minimum Gasteiger partial charge on any atom is -0.454 e. The summed E-state index contributed by atoms with van der Waals surface area (Å²) in [5.41, 5.74) is 1.65. The Morgan fingerprint density at radius 1 is 0.935 bits per heavy atom. The van der Waals surface area contributed by atoms with Gasteiger partial charge in [-0.3, -0.25) is 4.90 Å². The normalized spacial score (nSPS) is 23.6. The third-order valence-corrected chi connectivity index (χ3v) is 6.30. The molecule has 0 radical (unpaired) electrons. The van der Waals surface area contributed by atoms with Crippen LogP contribution in [0.25, 0.3) is 11.3 Å². The molecule has 1 aliphatic carbocycles. The van der Waals surface area contributed by atoms with Gasteiger partial charge in [-0.2, -0.15) is 0 Å². The number of fused-ring (bicyclic) bond motifs is 2. The van der Waals surface area contributed by atoms with Gasteiger partial charge in [0.05, 0.1) is 5.69 Å². The number of ether oxygens (including phenoxy) is 2. The number of hydrogen-bond acceptors (Lipinski definition) is 6. The van der Waals surface area contributed by atoms with Crippen molar-refractivity contribution >= 4 is 5.82 Å². The maximum absolute atomic E-state index is 13.9. The predicted molar refractivity (Wildman–Crippen MR) is 110 cm³/mol. The van der Waals surface area contributed by atoms with Crippen molar-refractivity contribution in [3.05, 3.63) is 65.7 Å². The predicted octanol–water partition coefficient (Wildman–Crippen LogP) is 3.69. The second-order valence-corrected chi connectivity index (χ2v) is 8.31. The number of benzene rings is 2. The zero-order valence-electron chi connectivity index (χ0n) is 16.6. The van der Waals surface area contributed by atoms with E-state index in [9.17, 15) is 8.78 Å². The van der Waals surface area contributed by atoms with E-state index in [4.69, 9.17) is 9.47 Å². The van der Waals surface area contributed by atoms with Crippen molar-refractivity contribution < 1.29 is 18.3 Å². The summed E-state index contributed by atoms with van der Waals surface area (Å²) < 4.78 is 38.2. The quantitative estimate of drug-likeness (QED) is 0.677. The summed E-state index contributed by atoms with van der Waals surface area (Å²) in [7, 11) is 0. The fourth-order valence-corrected chi connectivity index (χ4v) is 4.67. The van der Waals surface area contributed by atoms with E-state index in [0.717, 1.165) is 49.3 Å². The van der Waals surface area contributed by atoms with Gasteiger partial charge in [0.2, 0.25) is 6.79 Å². The molecule has 2 fully saturated rings. The molecular weight excluding hydrogens is 402 g/mol. The number of aromatic nitrogens is 2. The van der Waals surface area contributed by atoms with Crippen molar-refractivity contribution in [2.75, 3.05) is 25.2 Å². The van der Waals surface area contributed by atoms with Gasteiger partial charge < -0.3 is 14.8 Å². The maximum atomic E-state index is 13.9. The molecule has 2 aliphatic heterocycles. The van der Waals surface area contributed by atoms with Crippen LogP contribution in [0.15, 0.2) is 48.5 Å². The first-order valence-electron chi connectivity index (χ1n) is 10.3. The summed E-state index contributed by atoms with van der Waals surface area (Å²) in [4.78, 5) is 2.45. The third-order valence-electron chi connectivity index (χ3n) is 6.30. The van der Waals surface area contributed by atoms with Crippen molar-refractivity contribution in [1.29, 1.82) is 0 Å². The molecule has 1 saturated heterocycles. The summed E-state index contributed by atoms with van der Waals surface area (Å²) in [6, 6.07) is 13.2. The second kappa shape index (κ2) is 7.16. The van der Waals surface area contributed by atoms with E-state index in [1.54, 1.807) is 12.1 Å². The number of anilines is 1. The Bertz CT molecular complexity index is 1130. The molecule has 3 heterocycles. The van der Waals surface area contributed by atoms with Crippen LogP contribution in [-0.2, 0) is 6.54 Å². The van der Waals surface area contributed by atoms with Gasteiger partial charge in [-0.05, 0) is 59.9 Å². The number of nitrogens with one attached hydrogen (secondary N) is 1. The number of halogens is 2. The first kappa shape index (κ1) is 18.5. The summed E-state index contributed by atoms with van der Waals surface area (Å²) in [6.45, 7) is 3.23. The summed E-state index contributed by atoms with van der Waals surface area (Å²) in [5.74, 6) is 2.42. The Morgan fingerprint density at radius 2 is 1.77 bits per heavy atom. The van der Waals surface area contributed by atoms with Crippen LogP contribution >= 0.6 is 0 Å². The monoisotopic (exact) mass is 422 g/mol. The summed E-state index contributed by atoms with van der Waals surface area (Å²) in [6.07, 6.45) is 0. The zero-order valence-corrected chi connectivity index (χ0v) is 16.6. The fourth-order valence-electron chi connectivity index (χ4n) is 4.67. The Labute approximate surface area is 177 Å².